The predicted molar refractivity (Wildman–Crippen MR) is 192 cm³/mol. The summed E-state index contributed by atoms with van der Waals surface area (Å²) in [6.07, 6.45) is -1.80. The van der Waals surface area contributed by atoms with E-state index in [4.69, 9.17) is 18.9 Å². The van der Waals surface area contributed by atoms with Crippen LogP contribution in [0.5, 0.6) is 5.75 Å². The van der Waals surface area contributed by atoms with E-state index in [1.54, 1.807) is 11.3 Å². The normalized spacial score (nSPS) is 20.6. The smallest absolute Gasteiger partial charge is 0.226 e. The molecule has 5 aromatic carbocycles. The van der Waals surface area contributed by atoms with Crippen LogP contribution in [-0.4, -0.2) is 35.1 Å². The van der Waals surface area contributed by atoms with Crippen molar-refractivity contribution < 1.29 is 33.6 Å². The molecule has 256 valence electrons. The van der Waals surface area contributed by atoms with Gasteiger partial charge in [0.2, 0.25) is 5.79 Å². The summed E-state index contributed by atoms with van der Waals surface area (Å²) >= 11 is 1.58. The maximum Gasteiger partial charge on any atom is 0.226 e. The maximum atomic E-state index is 15.6. The standard InChI is InChI=1S/C42H39FO6S/c43-37-24-38(44)36(22-33(37)21-35-20-32-18-10-11-19-40(32)50-35)42(45)41(48-27-31-16-8-3-9-17-31)39(47-26-30-14-6-2-7-15-30)23-34(49-42)28-46-25-29-12-4-1-5-13-29/h1-20,22,24,34,39,41,44-45H,21,23,25-28H2/t34-,39-,41-,42?/m0/s1. The fourth-order valence-electron chi connectivity index (χ4n) is 6.46. The first-order chi connectivity index (χ1) is 24.4. The van der Waals surface area contributed by atoms with Crippen molar-refractivity contribution >= 4 is 21.4 Å². The Labute approximate surface area is 295 Å². The molecule has 1 fully saturated rings. The second kappa shape index (κ2) is 15.6. The summed E-state index contributed by atoms with van der Waals surface area (Å²) in [4.78, 5) is 0.950. The Hall–Kier alpha value is -4.41. The molecule has 6 nitrogen and oxygen atoms in total. The quantitative estimate of drug-likeness (QED) is 0.126. The van der Waals surface area contributed by atoms with Crippen LogP contribution >= 0.6 is 11.3 Å². The molecule has 1 aliphatic rings. The zero-order valence-corrected chi connectivity index (χ0v) is 28.3. The summed E-state index contributed by atoms with van der Waals surface area (Å²) in [5, 5.41) is 25.1. The fourth-order valence-corrected chi connectivity index (χ4v) is 7.55. The van der Waals surface area contributed by atoms with Crippen molar-refractivity contribution in [3.8, 4) is 5.75 Å². The number of rotatable bonds is 13. The van der Waals surface area contributed by atoms with E-state index in [1.807, 2.05) is 121 Å². The molecule has 1 unspecified atom stereocenters. The van der Waals surface area contributed by atoms with Crippen molar-refractivity contribution in [2.75, 3.05) is 6.61 Å². The molecule has 0 spiro atoms. The highest BCUT2D eigenvalue weighted by Crippen LogP contribution is 2.44. The number of hydrogen-bond acceptors (Lipinski definition) is 7. The van der Waals surface area contributed by atoms with E-state index in [-0.39, 0.29) is 31.8 Å². The van der Waals surface area contributed by atoms with Gasteiger partial charge in [0, 0.05) is 28.5 Å². The summed E-state index contributed by atoms with van der Waals surface area (Å²) in [5.74, 6) is -3.24. The lowest BCUT2D eigenvalue weighted by Gasteiger charge is -2.47. The molecular weight excluding hydrogens is 652 g/mol. The van der Waals surface area contributed by atoms with Crippen molar-refractivity contribution in [3.05, 3.63) is 172 Å². The number of hydrogen-bond donors (Lipinski definition) is 2. The molecule has 7 rings (SSSR count). The number of phenols is 1. The van der Waals surface area contributed by atoms with Crippen molar-refractivity contribution in [3.63, 3.8) is 0 Å². The van der Waals surface area contributed by atoms with Gasteiger partial charge in [0.1, 0.15) is 17.7 Å². The monoisotopic (exact) mass is 690 g/mol. The van der Waals surface area contributed by atoms with Gasteiger partial charge in [0.05, 0.1) is 44.2 Å². The van der Waals surface area contributed by atoms with E-state index in [1.165, 1.54) is 6.07 Å². The highest BCUT2D eigenvalue weighted by Gasteiger charge is 2.53. The van der Waals surface area contributed by atoms with Crippen molar-refractivity contribution in [1.29, 1.82) is 0 Å². The van der Waals surface area contributed by atoms with Crippen LogP contribution in [0.25, 0.3) is 10.1 Å². The topological polar surface area (TPSA) is 77.4 Å². The number of thiophene rings is 1. The summed E-state index contributed by atoms with van der Waals surface area (Å²) < 4.78 is 42.3. The van der Waals surface area contributed by atoms with Gasteiger partial charge in [-0.1, -0.05) is 109 Å². The van der Waals surface area contributed by atoms with Gasteiger partial charge in [0.25, 0.3) is 0 Å². The minimum atomic E-state index is -2.22. The molecule has 2 N–H and O–H groups in total. The van der Waals surface area contributed by atoms with E-state index in [2.05, 4.69) is 0 Å². The molecule has 0 amide bonds. The number of aromatic hydroxyl groups is 1. The molecule has 2 heterocycles. The zero-order valence-electron chi connectivity index (χ0n) is 27.5. The van der Waals surface area contributed by atoms with Gasteiger partial charge in [-0.2, -0.15) is 0 Å². The van der Waals surface area contributed by atoms with Crippen LogP contribution in [0.1, 0.15) is 39.1 Å². The summed E-state index contributed by atoms with van der Waals surface area (Å²) in [6.45, 7) is 0.902. The molecule has 50 heavy (non-hydrogen) atoms. The number of benzene rings is 5. The zero-order chi connectivity index (χ0) is 34.3. The SMILES string of the molecule is Oc1cc(F)c(Cc2cc3ccccc3s2)cc1C1(O)O[C@H](COCc2ccccc2)C[C@H](OCc2ccccc2)[C@@H]1OCc1ccccc1. The largest absolute Gasteiger partial charge is 0.507 e. The Morgan fingerprint density at radius 1 is 0.740 bits per heavy atom. The van der Waals surface area contributed by atoms with Gasteiger partial charge < -0.3 is 29.2 Å². The van der Waals surface area contributed by atoms with Gasteiger partial charge >= 0.3 is 0 Å². The first kappa shape index (κ1) is 34.1. The van der Waals surface area contributed by atoms with E-state index < -0.39 is 35.7 Å². The molecular formula is C42H39FO6S. The first-order valence-corrected chi connectivity index (χ1v) is 17.6. The third-order valence-corrected chi connectivity index (χ3v) is 10.1. The van der Waals surface area contributed by atoms with Crippen LogP contribution in [0.4, 0.5) is 4.39 Å². The van der Waals surface area contributed by atoms with Crippen LogP contribution in [0, 0.1) is 5.82 Å². The van der Waals surface area contributed by atoms with Crippen LogP contribution in [0.3, 0.4) is 0 Å². The molecule has 0 saturated carbocycles. The number of phenolic OH excluding ortho intramolecular Hbond substituents is 1. The third kappa shape index (κ3) is 7.97. The second-order valence-corrected chi connectivity index (χ2v) is 13.8. The summed E-state index contributed by atoms with van der Waals surface area (Å²) in [6, 6.07) is 41.8. The minimum absolute atomic E-state index is 0.00847. The van der Waals surface area contributed by atoms with Crippen LogP contribution in [0.2, 0.25) is 0 Å². The Bertz CT molecular complexity index is 1950. The second-order valence-electron chi connectivity index (χ2n) is 12.6. The molecule has 1 aromatic heterocycles. The number of halogens is 1. The number of fused-ring (bicyclic) bond motifs is 1. The highest BCUT2D eigenvalue weighted by atomic mass is 32.1. The Balaban J connectivity index is 1.23. The molecule has 4 atom stereocenters. The molecule has 6 aromatic rings. The molecule has 8 heteroatoms. The predicted octanol–water partition coefficient (Wildman–Crippen LogP) is 8.66. The molecule has 1 aliphatic heterocycles. The van der Waals surface area contributed by atoms with Crippen LogP contribution < -0.4 is 0 Å². The van der Waals surface area contributed by atoms with Crippen LogP contribution in [0.15, 0.2) is 133 Å². The Morgan fingerprint density at radius 3 is 2.00 bits per heavy atom. The van der Waals surface area contributed by atoms with Crippen molar-refractivity contribution in [1.82, 2.24) is 0 Å². The van der Waals surface area contributed by atoms with E-state index in [9.17, 15) is 10.2 Å². The lowest BCUT2D eigenvalue weighted by atomic mass is 9.87. The van der Waals surface area contributed by atoms with Crippen LogP contribution in [-0.2, 0) is 51.0 Å². The fraction of sp³-hybridized carbons (Fsp3) is 0.238. The van der Waals surface area contributed by atoms with Gasteiger partial charge in [-0.25, -0.2) is 4.39 Å². The molecule has 0 bridgehead atoms. The number of ether oxygens (including phenoxy) is 4. The Morgan fingerprint density at radius 2 is 1.34 bits per heavy atom. The number of aliphatic hydroxyl groups is 1. The third-order valence-electron chi connectivity index (χ3n) is 8.95. The Kier molecular flexibility index (Phi) is 10.7. The average Bonchev–Trinajstić information content (AvgIpc) is 3.55. The van der Waals surface area contributed by atoms with E-state index in [0.717, 1.165) is 37.7 Å². The van der Waals surface area contributed by atoms with Crippen molar-refractivity contribution in [2.45, 2.75) is 56.8 Å². The highest BCUT2D eigenvalue weighted by molar-refractivity contribution is 7.19. The van der Waals surface area contributed by atoms with Gasteiger partial charge in [0.15, 0.2) is 0 Å². The van der Waals surface area contributed by atoms with Gasteiger partial charge in [-0.3, -0.25) is 0 Å². The lowest BCUT2D eigenvalue weighted by molar-refractivity contribution is -0.351. The lowest BCUT2D eigenvalue weighted by Crippen LogP contribution is -2.58. The minimum Gasteiger partial charge on any atom is -0.507 e. The molecule has 0 aliphatic carbocycles. The van der Waals surface area contributed by atoms with E-state index in [0.29, 0.717) is 18.6 Å². The average molecular weight is 691 g/mol. The summed E-state index contributed by atoms with van der Waals surface area (Å²) in [5.41, 5.74) is 3.17. The molecule has 1 saturated heterocycles. The summed E-state index contributed by atoms with van der Waals surface area (Å²) in [7, 11) is 0. The van der Waals surface area contributed by atoms with Crippen molar-refractivity contribution in [2.24, 2.45) is 0 Å². The van der Waals surface area contributed by atoms with Gasteiger partial charge in [-0.15, -0.1) is 11.3 Å². The maximum absolute atomic E-state index is 15.6. The van der Waals surface area contributed by atoms with E-state index >= 15 is 4.39 Å². The van der Waals surface area contributed by atoms with Gasteiger partial charge in [-0.05, 0) is 45.8 Å². The molecule has 0 radical (unpaired) electrons. The first-order valence-electron chi connectivity index (χ1n) is 16.8.